The normalized spacial score (nSPS) is 16.9. The third-order valence-corrected chi connectivity index (χ3v) is 4.14. The van der Waals surface area contributed by atoms with E-state index in [1.54, 1.807) is 11.6 Å². The molecule has 3 heterocycles. The molecule has 1 atom stereocenters. The van der Waals surface area contributed by atoms with Crippen LogP contribution in [0.3, 0.4) is 0 Å². The minimum atomic E-state index is -0.00526. The third-order valence-electron chi connectivity index (χ3n) is 3.39. The van der Waals surface area contributed by atoms with E-state index in [4.69, 9.17) is 0 Å². The summed E-state index contributed by atoms with van der Waals surface area (Å²) in [6.07, 6.45) is 1.71. The third kappa shape index (κ3) is 4.78. The van der Waals surface area contributed by atoms with Gasteiger partial charge in [-0.25, -0.2) is 9.97 Å². The van der Waals surface area contributed by atoms with Crippen molar-refractivity contribution in [2.45, 2.75) is 13.0 Å². The lowest BCUT2D eigenvalue weighted by molar-refractivity contribution is 0.0650. The van der Waals surface area contributed by atoms with Crippen molar-refractivity contribution in [3.63, 3.8) is 0 Å². The molecule has 1 saturated heterocycles. The van der Waals surface area contributed by atoms with Crippen LogP contribution in [0.4, 0.5) is 10.9 Å². The highest BCUT2D eigenvalue weighted by Crippen LogP contribution is 2.21. The zero-order valence-electron chi connectivity index (χ0n) is 12.6. The highest BCUT2D eigenvalue weighted by molar-refractivity contribution is 7.14. The van der Waals surface area contributed by atoms with Crippen molar-refractivity contribution in [2.75, 3.05) is 25.0 Å². The molecule has 1 aliphatic heterocycles. The number of pyridine rings is 1. The zero-order valence-corrected chi connectivity index (χ0v) is 15.0. The highest BCUT2D eigenvalue weighted by Gasteiger charge is 2.25. The molecule has 1 fully saturated rings. The van der Waals surface area contributed by atoms with Gasteiger partial charge in [0.1, 0.15) is 11.5 Å². The molecule has 2 aromatic rings. The van der Waals surface area contributed by atoms with E-state index in [2.05, 4.69) is 20.6 Å². The van der Waals surface area contributed by atoms with E-state index in [-0.39, 0.29) is 36.8 Å². The summed E-state index contributed by atoms with van der Waals surface area (Å²) in [4.78, 5) is 22.9. The van der Waals surface area contributed by atoms with Gasteiger partial charge in [0.15, 0.2) is 5.13 Å². The fourth-order valence-corrected chi connectivity index (χ4v) is 2.96. The lowest BCUT2D eigenvalue weighted by Gasteiger charge is -2.33. The second kappa shape index (κ2) is 9.02. The highest BCUT2D eigenvalue weighted by atomic mass is 35.5. The topological polar surface area (TPSA) is 70.2 Å². The van der Waals surface area contributed by atoms with Crippen molar-refractivity contribution >= 4 is 53.0 Å². The molecule has 1 aliphatic rings. The number of piperazine rings is 1. The van der Waals surface area contributed by atoms with Crippen molar-refractivity contribution in [3.8, 4) is 0 Å². The Balaban J connectivity index is 0.00000132. The Labute approximate surface area is 151 Å². The van der Waals surface area contributed by atoms with E-state index >= 15 is 0 Å². The fraction of sp³-hybridized carbons (Fsp3) is 0.357. The van der Waals surface area contributed by atoms with Crippen molar-refractivity contribution in [2.24, 2.45) is 0 Å². The Morgan fingerprint density at radius 3 is 2.96 bits per heavy atom. The number of halogens is 2. The van der Waals surface area contributed by atoms with Crippen LogP contribution < -0.4 is 10.6 Å². The van der Waals surface area contributed by atoms with Gasteiger partial charge in [-0.2, -0.15) is 0 Å². The van der Waals surface area contributed by atoms with Crippen LogP contribution in [0.2, 0.25) is 0 Å². The largest absolute Gasteiger partial charge is 0.332 e. The van der Waals surface area contributed by atoms with E-state index < -0.39 is 0 Å². The molecule has 23 heavy (non-hydrogen) atoms. The van der Waals surface area contributed by atoms with Gasteiger partial charge in [-0.15, -0.1) is 36.2 Å². The number of anilines is 2. The molecule has 9 heteroatoms. The van der Waals surface area contributed by atoms with E-state index in [0.717, 1.165) is 25.5 Å². The first-order valence-corrected chi connectivity index (χ1v) is 7.77. The monoisotopic (exact) mass is 375 g/mol. The van der Waals surface area contributed by atoms with E-state index in [0.29, 0.717) is 10.8 Å². The minimum absolute atomic E-state index is 0. The molecular formula is C14H19Cl2N5OS. The number of aromatic nitrogens is 2. The van der Waals surface area contributed by atoms with Gasteiger partial charge >= 0.3 is 0 Å². The first-order chi connectivity index (χ1) is 10.2. The van der Waals surface area contributed by atoms with Crippen LogP contribution in [0.5, 0.6) is 0 Å². The Bertz CT molecular complexity index is 625. The summed E-state index contributed by atoms with van der Waals surface area (Å²) >= 11 is 1.41. The van der Waals surface area contributed by atoms with Crippen LogP contribution in [0.1, 0.15) is 17.4 Å². The standard InChI is InChI=1S/C14H17N5OS.2ClH/c1-10-8-15-6-7-19(10)13(20)11-9-21-14(17-11)18-12-4-2-3-5-16-12;;/h2-5,9-10,15H,6-8H2,1H3,(H,16,17,18);2*1H/t10-;;/m1../s1. The zero-order chi connectivity index (χ0) is 14.7. The van der Waals surface area contributed by atoms with Gasteiger partial charge in [-0.1, -0.05) is 6.07 Å². The smallest absolute Gasteiger partial charge is 0.273 e. The second-order valence-electron chi connectivity index (χ2n) is 4.93. The quantitative estimate of drug-likeness (QED) is 0.862. The van der Waals surface area contributed by atoms with Gasteiger partial charge in [-0.3, -0.25) is 4.79 Å². The number of rotatable bonds is 3. The Kier molecular flexibility index (Phi) is 7.70. The number of amides is 1. The van der Waals surface area contributed by atoms with Crippen molar-refractivity contribution in [1.29, 1.82) is 0 Å². The summed E-state index contributed by atoms with van der Waals surface area (Å²) < 4.78 is 0. The van der Waals surface area contributed by atoms with Crippen LogP contribution >= 0.6 is 36.2 Å². The van der Waals surface area contributed by atoms with Crippen LogP contribution in [0.15, 0.2) is 29.8 Å². The molecule has 0 aromatic carbocycles. The van der Waals surface area contributed by atoms with Crippen molar-refractivity contribution < 1.29 is 4.79 Å². The Morgan fingerprint density at radius 2 is 2.26 bits per heavy atom. The van der Waals surface area contributed by atoms with Crippen molar-refractivity contribution in [3.05, 3.63) is 35.5 Å². The van der Waals surface area contributed by atoms with Gasteiger partial charge in [0.05, 0.1) is 0 Å². The molecule has 2 aromatic heterocycles. The number of hydrogen-bond acceptors (Lipinski definition) is 6. The summed E-state index contributed by atoms with van der Waals surface area (Å²) in [7, 11) is 0. The first kappa shape index (κ1) is 19.6. The van der Waals surface area contributed by atoms with Crippen molar-refractivity contribution in [1.82, 2.24) is 20.2 Å². The van der Waals surface area contributed by atoms with Gasteiger partial charge in [0.25, 0.3) is 5.91 Å². The minimum Gasteiger partial charge on any atom is -0.332 e. The molecule has 0 spiro atoms. The molecule has 3 rings (SSSR count). The number of nitrogens with one attached hydrogen (secondary N) is 2. The summed E-state index contributed by atoms with van der Waals surface area (Å²) in [6, 6.07) is 5.81. The molecule has 126 valence electrons. The Hall–Kier alpha value is -1.41. The summed E-state index contributed by atoms with van der Waals surface area (Å²) in [5.74, 6) is 0.718. The SMILES string of the molecule is C[C@@H]1CNCCN1C(=O)c1csc(Nc2ccccn2)n1.Cl.Cl. The lowest BCUT2D eigenvalue weighted by atomic mass is 10.2. The number of carbonyl (C=O) groups is 1. The maximum absolute atomic E-state index is 12.5. The average Bonchev–Trinajstić information content (AvgIpc) is 2.97. The van der Waals surface area contributed by atoms with E-state index in [9.17, 15) is 4.79 Å². The van der Waals surface area contributed by atoms with Gasteiger partial charge in [0, 0.05) is 37.3 Å². The molecule has 0 radical (unpaired) electrons. The molecule has 0 aliphatic carbocycles. The van der Waals surface area contributed by atoms with Gasteiger partial charge in [-0.05, 0) is 19.1 Å². The van der Waals surface area contributed by atoms with Crippen LogP contribution in [-0.2, 0) is 0 Å². The number of thiazole rings is 1. The maximum atomic E-state index is 12.5. The molecular weight excluding hydrogens is 357 g/mol. The predicted octanol–water partition coefficient (Wildman–Crippen LogP) is 2.56. The second-order valence-corrected chi connectivity index (χ2v) is 5.79. The van der Waals surface area contributed by atoms with Crippen LogP contribution in [0, 0.1) is 0 Å². The fourth-order valence-electron chi connectivity index (χ4n) is 2.27. The molecule has 0 bridgehead atoms. The number of hydrogen-bond donors (Lipinski definition) is 2. The predicted molar refractivity (Wildman–Crippen MR) is 97.5 cm³/mol. The molecule has 0 saturated carbocycles. The summed E-state index contributed by atoms with van der Waals surface area (Å²) in [5, 5.41) is 8.86. The molecule has 1 amide bonds. The molecule has 6 nitrogen and oxygen atoms in total. The van der Waals surface area contributed by atoms with E-state index in [1.807, 2.05) is 30.0 Å². The van der Waals surface area contributed by atoms with Gasteiger partial charge < -0.3 is 15.5 Å². The maximum Gasteiger partial charge on any atom is 0.273 e. The molecule has 2 N–H and O–H groups in total. The van der Waals surface area contributed by atoms with Crippen LogP contribution in [0.25, 0.3) is 0 Å². The summed E-state index contributed by atoms with van der Waals surface area (Å²) in [5.41, 5.74) is 0.493. The van der Waals surface area contributed by atoms with E-state index in [1.165, 1.54) is 11.3 Å². The molecule has 0 unspecified atom stereocenters. The lowest BCUT2D eigenvalue weighted by Crippen LogP contribution is -2.52. The summed E-state index contributed by atoms with van der Waals surface area (Å²) in [6.45, 7) is 4.43. The first-order valence-electron chi connectivity index (χ1n) is 6.89. The number of carbonyl (C=O) groups excluding carboxylic acids is 1. The van der Waals surface area contributed by atoms with Crippen LogP contribution in [-0.4, -0.2) is 46.5 Å². The van der Waals surface area contributed by atoms with Gasteiger partial charge in [0.2, 0.25) is 0 Å². The average molecular weight is 376 g/mol. The Morgan fingerprint density at radius 1 is 1.43 bits per heavy atom. The number of nitrogens with zero attached hydrogens (tertiary/aromatic N) is 3.